The van der Waals surface area contributed by atoms with Crippen LogP contribution in [0.2, 0.25) is 0 Å². The molecule has 0 rings (SSSR count). The van der Waals surface area contributed by atoms with E-state index in [0.717, 1.165) is 6.42 Å². The van der Waals surface area contributed by atoms with Crippen LogP contribution in [-0.2, 0) is 26.2 Å². The van der Waals surface area contributed by atoms with E-state index in [1.807, 2.05) is 0 Å². The largest absolute Gasteiger partial charge is 0.412 e. The van der Waals surface area contributed by atoms with Crippen molar-refractivity contribution in [2.45, 2.75) is 32.6 Å². The zero-order valence-corrected chi connectivity index (χ0v) is 8.94. The van der Waals surface area contributed by atoms with Gasteiger partial charge in [0.05, 0.1) is 0 Å². The van der Waals surface area contributed by atoms with Crippen molar-refractivity contribution in [3.63, 3.8) is 0 Å². The summed E-state index contributed by atoms with van der Waals surface area (Å²) >= 11 is 0. The van der Waals surface area contributed by atoms with Gasteiger partial charge in [-0.05, 0) is 6.42 Å². The van der Waals surface area contributed by atoms with Crippen LogP contribution in [0.15, 0.2) is 0 Å². The second kappa shape index (κ2) is 22.6. The van der Waals surface area contributed by atoms with Crippen molar-refractivity contribution < 1.29 is 42.3 Å². The molecule has 0 aliphatic carbocycles. The van der Waals surface area contributed by atoms with Crippen molar-refractivity contribution in [2.24, 2.45) is 0 Å². The van der Waals surface area contributed by atoms with Gasteiger partial charge in [-0.1, -0.05) is 26.2 Å². The molecule has 0 amide bonds. The Kier molecular flexibility index (Phi) is 50.6. The van der Waals surface area contributed by atoms with Crippen LogP contribution in [0.1, 0.15) is 32.6 Å². The molecule has 0 heterocycles. The molecule has 64 valence electrons. The zero-order valence-electron chi connectivity index (χ0n) is 6.48. The summed E-state index contributed by atoms with van der Waals surface area (Å²) in [6.45, 7) is 2.53. The summed E-state index contributed by atoms with van der Waals surface area (Å²) in [6, 6.07) is 0. The molecular weight excluding hydrogens is 211 g/mol. The Labute approximate surface area is 81.6 Å². The Morgan fingerprint density at radius 2 is 1.50 bits per heavy atom. The molecule has 0 bridgehead atoms. The summed E-state index contributed by atoms with van der Waals surface area (Å²) in [7, 11) is 0. The van der Waals surface area contributed by atoms with E-state index < -0.39 is 0 Å². The van der Waals surface area contributed by atoms with Crippen LogP contribution < -0.4 is 0 Å². The Bertz CT molecular complexity index is 32.2. The van der Waals surface area contributed by atoms with Crippen molar-refractivity contribution in [3.05, 3.63) is 0 Å². The number of rotatable bonds is 4. The van der Waals surface area contributed by atoms with Gasteiger partial charge < -0.3 is 16.1 Å². The van der Waals surface area contributed by atoms with E-state index in [0.29, 0.717) is 6.61 Å². The van der Waals surface area contributed by atoms with E-state index in [1.165, 1.54) is 19.3 Å². The predicted molar refractivity (Wildman–Crippen MR) is 38.5 cm³/mol. The summed E-state index contributed by atoms with van der Waals surface area (Å²) in [5.41, 5.74) is 0. The maximum atomic E-state index is 8.29. The topological polar surface area (TPSA) is 83.2 Å². The van der Waals surface area contributed by atoms with Crippen molar-refractivity contribution in [2.75, 3.05) is 6.61 Å². The third kappa shape index (κ3) is 23.3. The van der Waals surface area contributed by atoms with Crippen LogP contribution in [0.4, 0.5) is 0 Å². The average Bonchev–Trinajstić information content (AvgIpc) is 1.69. The van der Waals surface area contributed by atoms with Crippen molar-refractivity contribution in [3.8, 4) is 0 Å². The van der Waals surface area contributed by atoms with Crippen molar-refractivity contribution >= 4 is 0 Å². The van der Waals surface area contributed by atoms with Gasteiger partial charge in [0.2, 0.25) is 0 Å². The van der Waals surface area contributed by atoms with Crippen LogP contribution >= 0.6 is 0 Å². The second-order valence-electron chi connectivity index (χ2n) is 1.78. The molecule has 0 atom stereocenters. The van der Waals surface area contributed by atoms with Crippen molar-refractivity contribution in [1.82, 2.24) is 0 Å². The molecule has 0 aliphatic rings. The van der Waals surface area contributed by atoms with E-state index in [2.05, 4.69) is 6.92 Å². The van der Waals surface area contributed by atoms with Crippen LogP contribution in [0.3, 0.4) is 0 Å². The van der Waals surface area contributed by atoms with E-state index in [1.54, 1.807) is 0 Å². The first kappa shape index (κ1) is 22.4. The standard InChI is InChI=1S/C6H14O.2H2O.Zr/c1-2-3-4-5-6-7;;;/h7H,2-6H2,1H3;2*1H2;. The van der Waals surface area contributed by atoms with Gasteiger partial charge in [-0.3, -0.25) is 0 Å². The molecule has 0 aliphatic heterocycles. The fourth-order valence-corrected chi connectivity index (χ4v) is 0.539. The van der Waals surface area contributed by atoms with Crippen LogP contribution in [0.25, 0.3) is 0 Å². The Morgan fingerprint density at radius 3 is 1.80 bits per heavy atom. The SMILES string of the molecule is CCCCCCO.O.O.[Zr]. The molecule has 0 spiro atoms. The van der Waals surface area contributed by atoms with Crippen molar-refractivity contribution in [1.29, 1.82) is 0 Å². The van der Waals surface area contributed by atoms with Crippen LogP contribution in [-0.4, -0.2) is 22.7 Å². The molecule has 0 saturated carbocycles. The quantitative estimate of drug-likeness (QED) is 0.671. The van der Waals surface area contributed by atoms with Gasteiger partial charge in [0.25, 0.3) is 0 Å². The normalized spacial score (nSPS) is 6.60. The molecule has 0 unspecified atom stereocenters. The predicted octanol–water partition coefficient (Wildman–Crippen LogP) is -0.0929. The molecule has 4 heteroatoms. The number of aliphatic hydroxyl groups excluding tert-OH is 1. The van der Waals surface area contributed by atoms with Crippen LogP contribution in [0, 0.1) is 0 Å². The fourth-order valence-electron chi connectivity index (χ4n) is 0.539. The van der Waals surface area contributed by atoms with Gasteiger partial charge in [0.1, 0.15) is 0 Å². The molecule has 0 saturated heterocycles. The van der Waals surface area contributed by atoms with Gasteiger partial charge in [-0.2, -0.15) is 0 Å². The van der Waals surface area contributed by atoms with Gasteiger partial charge in [-0.25, -0.2) is 0 Å². The zero-order chi connectivity index (χ0) is 5.54. The molecule has 3 nitrogen and oxygen atoms in total. The Morgan fingerprint density at radius 1 is 1.00 bits per heavy atom. The molecule has 0 radical (unpaired) electrons. The van der Waals surface area contributed by atoms with E-state index in [9.17, 15) is 0 Å². The molecule has 0 aromatic heterocycles. The minimum Gasteiger partial charge on any atom is -0.412 e. The summed E-state index contributed by atoms with van der Waals surface area (Å²) in [5.74, 6) is 0. The average molecular weight is 229 g/mol. The van der Waals surface area contributed by atoms with Gasteiger partial charge >= 0.3 is 0 Å². The number of aliphatic hydroxyl groups is 1. The monoisotopic (exact) mass is 228 g/mol. The van der Waals surface area contributed by atoms with E-state index in [4.69, 9.17) is 5.11 Å². The molecule has 10 heavy (non-hydrogen) atoms. The summed E-state index contributed by atoms with van der Waals surface area (Å²) in [6.07, 6.45) is 4.68. The van der Waals surface area contributed by atoms with Gasteiger partial charge in [0.15, 0.2) is 0 Å². The fraction of sp³-hybridized carbons (Fsp3) is 1.00. The molecule has 0 fully saturated rings. The number of hydrogen-bond donors (Lipinski definition) is 1. The van der Waals surface area contributed by atoms with E-state index in [-0.39, 0.29) is 37.2 Å². The molecule has 0 aromatic rings. The minimum atomic E-state index is 0. The van der Waals surface area contributed by atoms with Gasteiger partial charge in [-0.15, -0.1) is 0 Å². The van der Waals surface area contributed by atoms with Crippen LogP contribution in [0.5, 0.6) is 0 Å². The minimum absolute atomic E-state index is 0. The van der Waals surface area contributed by atoms with E-state index >= 15 is 0 Å². The third-order valence-electron chi connectivity index (χ3n) is 1.01. The maximum Gasteiger partial charge on any atom is 0.0431 e. The second-order valence-corrected chi connectivity index (χ2v) is 1.78. The third-order valence-corrected chi connectivity index (χ3v) is 1.01. The smallest absolute Gasteiger partial charge is 0.0431 e. The Hall–Kier alpha value is 0.763. The molecule has 0 aromatic carbocycles. The van der Waals surface area contributed by atoms with Gasteiger partial charge in [0, 0.05) is 32.8 Å². The maximum absolute atomic E-state index is 8.29. The first-order valence-electron chi connectivity index (χ1n) is 3.02. The Balaban J connectivity index is -0.0000000600. The summed E-state index contributed by atoms with van der Waals surface area (Å²) in [4.78, 5) is 0. The first-order valence-corrected chi connectivity index (χ1v) is 3.02. The summed E-state index contributed by atoms with van der Waals surface area (Å²) < 4.78 is 0. The molecule has 5 N–H and O–H groups in total. The first-order chi connectivity index (χ1) is 3.41. The molecular formula is C6H18O3Zr. The summed E-state index contributed by atoms with van der Waals surface area (Å²) in [5, 5.41) is 8.29. The number of unbranched alkanes of at least 4 members (excludes halogenated alkanes) is 3. The number of hydrogen-bond acceptors (Lipinski definition) is 1.